The van der Waals surface area contributed by atoms with Crippen molar-refractivity contribution in [1.82, 2.24) is 20.5 Å². The SMILES string of the molecule is CCNC(=NCCc1nc(C(F)(F)F)cs1)NCCc1cccc(C(=O)N(C)C)c1.I. The van der Waals surface area contributed by atoms with E-state index in [-0.39, 0.29) is 29.9 Å². The van der Waals surface area contributed by atoms with Crippen LogP contribution >= 0.6 is 35.3 Å². The van der Waals surface area contributed by atoms with Gasteiger partial charge in [-0.3, -0.25) is 9.79 Å². The molecule has 1 aromatic heterocycles. The minimum atomic E-state index is -4.41. The zero-order chi connectivity index (χ0) is 22.1. The molecule has 0 saturated carbocycles. The summed E-state index contributed by atoms with van der Waals surface area (Å²) < 4.78 is 37.8. The highest BCUT2D eigenvalue weighted by Gasteiger charge is 2.33. The molecular weight excluding hydrogens is 542 g/mol. The number of alkyl halides is 3. The van der Waals surface area contributed by atoms with Crippen LogP contribution in [0.15, 0.2) is 34.6 Å². The van der Waals surface area contributed by atoms with Crippen LogP contribution in [-0.4, -0.2) is 55.5 Å². The van der Waals surface area contributed by atoms with E-state index in [1.54, 1.807) is 20.2 Å². The lowest BCUT2D eigenvalue weighted by atomic mass is 10.1. The Morgan fingerprint density at radius 2 is 1.97 bits per heavy atom. The van der Waals surface area contributed by atoms with Crippen LogP contribution in [0, 0.1) is 0 Å². The number of carbonyl (C=O) groups excluding carboxylic acids is 1. The van der Waals surface area contributed by atoms with Crippen molar-refractivity contribution in [2.45, 2.75) is 25.9 Å². The fraction of sp³-hybridized carbons (Fsp3) is 0.450. The van der Waals surface area contributed by atoms with Crippen molar-refractivity contribution in [2.24, 2.45) is 4.99 Å². The maximum absolute atomic E-state index is 12.6. The number of rotatable bonds is 8. The lowest BCUT2D eigenvalue weighted by Gasteiger charge is -2.13. The van der Waals surface area contributed by atoms with Crippen LogP contribution in [0.5, 0.6) is 0 Å². The first-order valence-electron chi connectivity index (χ1n) is 9.55. The number of guanidine groups is 1. The van der Waals surface area contributed by atoms with E-state index in [9.17, 15) is 18.0 Å². The number of benzene rings is 1. The lowest BCUT2D eigenvalue weighted by molar-refractivity contribution is -0.140. The molecule has 2 rings (SSSR count). The van der Waals surface area contributed by atoms with Gasteiger partial charge in [0.15, 0.2) is 11.7 Å². The molecule has 1 heterocycles. The van der Waals surface area contributed by atoms with Crippen LogP contribution in [0.2, 0.25) is 0 Å². The molecule has 0 radical (unpaired) electrons. The highest BCUT2D eigenvalue weighted by atomic mass is 127. The van der Waals surface area contributed by atoms with E-state index >= 15 is 0 Å². The van der Waals surface area contributed by atoms with Gasteiger partial charge in [0.05, 0.1) is 5.01 Å². The molecule has 2 N–H and O–H groups in total. The lowest BCUT2D eigenvalue weighted by Crippen LogP contribution is -2.38. The molecule has 11 heteroatoms. The van der Waals surface area contributed by atoms with E-state index in [2.05, 4.69) is 20.6 Å². The number of aromatic nitrogens is 1. The molecule has 31 heavy (non-hydrogen) atoms. The fourth-order valence-electron chi connectivity index (χ4n) is 2.60. The van der Waals surface area contributed by atoms with E-state index in [0.717, 1.165) is 22.3 Å². The second kappa shape index (κ2) is 12.8. The van der Waals surface area contributed by atoms with Crippen LogP contribution in [-0.2, 0) is 19.0 Å². The van der Waals surface area contributed by atoms with Crippen molar-refractivity contribution in [3.05, 3.63) is 51.5 Å². The van der Waals surface area contributed by atoms with Crippen molar-refractivity contribution in [1.29, 1.82) is 0 Å². The van der Waals surface area contributed by atoms with Crippen molar-refractivity contribution >= 4 is 47.2 Å². The minimum absolute atomic E-state index is 0. The largest absolute Gasteiger partial charge is 0.434 e. The molecule has 0 fully saturated rings. The van der Waals surface area contributed by atoms with Crippen molar-refractivity contribution < 1.29 is 18.0 Å². The molecule has 0 saturated heterocycles. The van der Waals surface area contributed by atoms with Gasteiger partial charge >= 0.3 is 6.18 Å². The molecule has 1 aromatic carbocycles. The average Bonchev–Trinajstić information content (AvgIpc) is 3.17. The number of halogens is 4. The molecule has 1 amide bonds. The van der Waals surface area contributed by atoms with Gasteiger partial charge in [-0.2, -0.15) is 13.2 Å². The molecular formula is C20H27F3IN5OS. The van der Waals surface area contributed by atoms with Gasteiger partial charge in [0.25, 0.3) is 5.91 Å². The molecule has 0 spiro atoms. The summed E-state index contributed by atoms with van der Waals surface area (Å²) in [5.41, 5.74) is 0.805. The number of hydrogen-bond donors (Lipinski definition) is 2. The van der Waals surface area contributed by atoms with E-state index < -0.39 is 11.9 Å². The number of amides is 1. The van der Waals surface area contributed by atoms with Crippen LogP contribution in [0.1, 0.15) is 33.5 Å². The summed E-state index contributed by atoms with van der Waals surface area (Å²) >= 11 is 0.990. The number of hydrogen-bond acceptors (Lipinski definition) is 4. The van der Waals surface area contributed by atoms with E-state index in [4.69, 9.17) is 0 Å². The maximum atomic E-state index is 12.6. The average molecular weight is 569 g/mol. The Balaban J connectivity index is 0.00000480. The van der Waals surface area contributed by atoms with E-state index in [1.165, 1.54) is 4.90 Å². The Labute approximate surface area is 201 Å². The highest BCUT2D eigenvalue weighted by Crippen LogP contribution is 2.30. The molecule has 0 atom stereocenters. The summed E-state index contributed by atoms with van der Waals surface area (Å²) in [6, 6.07) is 7.47. The van der Waals surface area contributed by atoms with Gasteiger partial charge in [-0.25, -0.2) is 4.98 Å². The number of thiazole rings is 1. The van der Waals surface area contributed by atoms with Gasteiger partial charge in [-0.15, -0.1) is 35.3 Å². The van der Waals surface area contributed by atoms with Crippen LogP contribution in [0.25, 0.3) is 0 Å². The Hall–Kier alpha value is -1.89. The minimum Gasteiger partial charge on any atom is -0.357 e. The Morgan fingerprint density at radius 3 is 2.58 bits per heavy atom. The Bertz CT molecular complexity index is 870. The smallest absolute Gasteiger partial charge is 0.357 e. The van der Waals surface area contributed by atoms with Gasteiger partial charge in [0, 0.05) is 51.1 Å². The van der Waals surface area contributed by atoms with Gasteiger partial charge < -0.3 is 15.5 Å². The van der Waals surface area contributed by atoms with Gasteiger partial charge in [0.2, 0.25) is 0 Å². The summed E-state index contributed by atoms with van der Waals surface area (Å²) in [7, 11) is 3.43. The summed E-state index contributed by atoms with van der Waals surface area (Å²) in [4.78, 5) is 21.6. The van der Waals surface area contributed by atoms with Crippen molar-refractivity contribution in [3.63, 3.8) is 0 Å². The second-order valence-corrected chi connectivity index (χ2v) is 7.65. The van der Waals surface area contributed by atoms with Crippen molar-refractivity contribution in [3.8, 4) is 0 Å². The third-order valence-corrected chi connectivity index (χ3v) is 4.98. The molecule has 172 valence electrons. The second-order valence-electron chi connectivity index (χ2n) is 6.71. The van der Waals surface area contributed by atoms with Gasteiger partial charge in [-0.05, 0) is 31.0 Å². The Morgan fingerprint density at radius 1 is 1.23 bits per heavy atom. The van der Waals surface area contributed by atoms with Crippen LogP contribution in [0.4, 0.5) is 13.2 Å². The van der Waals surface area contributed by atoms with E-state index in [0.29, 0.717) is 49.0 Å². The molecule has 0 aliphatic heterocycles. The molecule has 0 unspecified atom stereocenters. The van der Waals surface area contributed by atoms with Crippen molar-refractivity contribution in [2.75, 3.05) is 33.7 Å². The normalized spacial score (nSPS) is 11.6. The zero-order valence-electron chi connectivity index (χ0n) is 17.6. The quantitative estimate of drug-likeness (QED) is 0.288. The third kappa shape index (κ3) is 9.01. The highest BCUT2D eigenvalue weighted by molar-refractivity contribution is 14.0. The first-order valence-corrected chi connectivity index (χ1v) is 10.4. The molecule has 0 aliphatic carbocycles. The number of nitrogens with zero attached hydrogens (tertiary/aromatic N) is 3. The number of carbonyl (C=O) groups is 1. The fourth-order valence-corrected chi connectivity index (χ4v) is 3.40. The van der Waals surface area contributed by atoms with Gasteiger partial charge in [0.1, 0.15) is 0 Å². The van der Waals surface area contributed by atoms with Crippen LogP contribution < -0.4 is 10.6 Å². The number of aliphatic imine (C=N–C) groups is 1. The van der Waals surface area contributed by atoms with E-state index in [1.807, 2.05) is 25.1 Å². The predicted octanol–water partition coefficient (Wildman–Crippen LogP) is 3.82. The zero-order valence-corrected chi connectivity index (χ0v) is 20.8. The maximum Gasteiger partial charge on any atom is 0.434 e. The predicted molar refractivity (Wildman–Crippen MR) is 128 cm³/mol. The first kappa shape index (κ1) is 27.1. The Kier molecular flexibility index (Phi) is 11.2. The molecule has 0 bridgehead atoms. The standard InChI is InChI=1S/C20H26F3N5OS.HI/c1-4-24-19(26-11-9-17-27-16(13-30-17)20(21,22)23)25-10-8-14-6-5-7-15(12-14)18(29)28(2)3;/h5-7,12-13H,4,8-11H2,1-3H3,(H2,24,25,26);1H. The summed E-state index contributed by atoms with van der Waals surface area (Å²) in [6.07, 6.45) is -3.38. The summed E-state index contributed by atoms with van der Waals surface area (Å²) in [5.74, 6) is 0.543. The molecule has 0 aliphatic rings. The third-order valence-electron chi connectivity index (χ3n) is 4.07. The molecule has 2 aromatic rings. The van der Waals surface area contributed by atoms with Gasteiger partial charge in [-0.1, -0.05) is 12.1 Å². The number of nitrogens with one attached hydrogen (secondary N) is 2. The summed E-state index contributed by atoms with van der Waals surface area (Å²) in [6.45, 7) is 3.52. The molecule has 6 nitrogen and oxygen atoms in total. The summed E-state index contributed by atoms with van der Waals surface area (Å²) in [5, 5.41) is 7.75. The topological polar surface area (TPSA) is 69.6 Å². The monoisotopic (exact) mass is 569 g/mol. The first-order chi connectivity index (χ1) is 14.2. The van der Waals surface area contributed by atoms with Crippen LogP contribution in [0.3, 0.4) is 0 Å².